The minimum atomic E-state index is -0.729. The summed E-state index contributed by atoms with van der Waals surface area (Å²) in [6, 6.07) is 0. The van der Waals surface area contributed by atoms with Crippen molar-refractivity contribution in [3.63, 3.8) is 0 Å². The molecule has 0 heterocycles. The summed E-state index contributed by atoms with van der Waals surface area (Å²) in [5, 5.41) is 29.1. The van der Waals surface area contributed by atoms with Gasteiger partial charge in [-0.15, -0.1) is 0 Å². The summed E-state index contributed by atoms with van der Waals surface area (Å²) >= 11 is 0. The standard InChI is InChI=1S/C21H34O4/c1-2-3-4-8-17(22)10-11-18-19-13-15(7-5-6-9-21(24)25)12-16(19)14-20(18)23/h7,10-11,16-20,22-23H,2-6,8-9,12-14H2,1H3,(H,24,25)/b11-10+,15-7+/t16-,17-,18-,19+,20-/m1/s1. The van der Waals surface area contributed by atoms with Crippen molar-refractivity contribution in [3.8, 4) is 0 Å². The summed E-state index contributed by atoms with van der Waals surface area (Å²) in [4.78, 5) is 10.6. The maximum absolute atomic E-state index is 10.6. The van der Waals surface area contributed by atoms with Crippen LogP contribution in [0.5, 0.6) is 0 Å². The largest absolute Gasteiger partial charge is 0.481 e. The number of carboxylic acids is 1. The summed E-state index contributed by atoms with van der Waals surface area (Å²) in [5.74, 6) is 0.427. The molecule has 25 heavy (non-hydrogen) atoms. The van der Waals surface area contributed by atoms with Crippen molar-refractivity contribution < 1.29 is 20.1 Å². The number of hydrogen-bond acceptors (Lipinski definition) is 3. The highest BCUT2D eigenvalue weighted by molar-refractivity contribution is 5.66. The van der Waals surface area contributed by atoms with Crippen LogP contribution >= 0.6 is 0 Å². The van der Waals surface area contributed by atoms with E-state index in [-0.39, 0.29) is 18.4 Å². The van der Waals surface area contributed by atoms with Gasteiger partial charge in [0.1, 0.15) is 0 Å². The molecule has 0 saturated heterocycles. The molecular weight excluding hydrogens is 316 g/mol. The Hall–Kier alpha value is -1.13. The Morgan fingerprint density at radius 1 is 1.28 bits per heavy atom. The summed E-state index contributed by atoms with van der Waals surface area (Å²) in [6.07, 6.45) is 14.3. The van der Waals surface area contributed by atoms with Crippen LogP contribution in [-0.4, -0.2) is 33.5 Å². The third-order valence-corrected chi connectivity index (χ3v) is 5.80. The monoisotopic (exact) mass is 350 g/mol. The first-order valence-electron chi connectivity index (χ1n) is 9.95. The third-order valence-electron chi connectivity index (χ3n) is 5.80. The van der Waals surface area contributed by atoms with Gasteiger partial charge in [-0.05, 0) is 50.4 Å². The van der Waals surface area contributed by atoms with Gasteiger partial charge in [0.25, 0.3) is 0 Å². The Labute approximate surface area is 151 Å². The number of aliphatic hydroxyl groups is 2. The Kier molecular flexibility index (Phi) is 8.17. The lowest BCUT2D eigenvalue weighted by Crippen LogP contribution is -2.17. The molecule has 5 atom stereocenters. The summed E-state index contributed by atoms with van der Waals surface area (Å²) in [5.41, 5.74) is 1.43. The lowest BCUT2D eigenvalue weighted by Gasteiger charge is -2.17. The molecule has 2 fully saturated rings. The van der Waals surface area contributed by atoms with Gasteiger partial charge in [0, 0.05) is 12.3 Å². The van der Waals surface area contributed by atoms with Crippen molar-refractivity contribution in [2.45, 2.75) is 83.3 Å². The molecule has 0 aliphatic heterocycles. The van der Waals surface area contributed by atoms with Gasteiger partial charge in [-0.25, -0.2) is 0 Å². The summed E-state index contributed by atoms with van der Waals surface area (Å²) in [7, 11) is 0. The van der Waals surface area contributed by atoms with E-state index >= 15 is 0 Å². The molecule has 2 aliphatic rings. The second-order valence-corrected chi connectivity index (χ2v) is 7.81. The molecule has 0 unspecified atom stereocenters. The summed E-state index contributed by atoms with van der Waals surface area (Å²) in [6.45, 7) is 2.16. The molecule has 0 aromatic rings. The first-order chi connectivity index (χ1) is 12.0. The smallest absolute Gasteiger partial charge is 0.303 e. The number of carboxylic acid groups (broad SMARTS) is 1. The normalized spacial score (nSPS) is 31.7. The average molecular weight is 350 g/mol. The molecule has 0 aromatic carbocycles. The van der Waals surface area contributed by atoms with Crippen LogP contribution in [0.4, 0.5) is 0 Å². The van der Waals surface area contributed by atoms with Gasteiger partial charge in [-0.2, -0.15) is 0 Å². The minimum Gasteiger partial charge on any atom is -0.481 e. The maximum Gasteiger partial charge on any atom is 0.303 e. The van der Waals surface area contributed by atoms with Crippen LogP contribution in [0.15, 0.2) is 23.8 Å². The zero-order valence-corrected chi connectivity index (χ0v) is 15.4. The van der Waals surface area contributed by atoms with Gasteiger partial charge in [-0.1, -0.05) is 50.0 Å². The van der Waals surface area contributed by atoms with Crippen molar-refractivity contribution in [1.82, 2.24) is 0 Å². The molecule has 2 saturated carbocycles. The number of rotatable bonds is 10. The van der Waals surface area contributed by atoms with Gasteiger partial charge in [0.05, 0.1) is 12.2 Å². The van der Waals surface area contributed by atoms with E-state index in [2.05, 4.69) is 19.1 Å². The molecule has 0 bridgehead atoms. The molecule has 2 rings (SSSR count). The molecule has 0 aromatic heterocycles. The van der Waals surface area contributed by atoms with E-state index in [0.717, 1.165) is 51.4 Å². The van der Waals surface area contributed by atoms with Gasteiger partial charge in [0.15, 0.2) is 0 Å². The zero-order chi connectivity index (χ0) is 18.2. The highest BCUT2D eigenvalue weighted by Gasteiger charge is 2.44. The van der Waals surface area contributed by atoms with E-state index in [1.807, 2.05) is 6.08 Å². The quantitative estimate of drug-likeness (QED) is 0.410. The van der Waals surface area contributed by atoms with E-state index < -0.39 is 12.1 Å². The van der Waals surface area contributed by atoms with Crippen molar-refractivity contribution in [2.24, 2.45) is 17.8 Å². The molecule has 3 N–H and O–H groups in total. The minimum absolute atomic E-state index is 0.149. The van der Waals surface area contributed by atoms with E-state index in [9.17, 15) is 15.0 Å². The van der Waals surface area contributed by atoms with Crippen LogP contribution in [0.3, 0.4) is 0 Å². The Bertz CT molecular complexity index is 482. The van der Waals surface area contributed by atoms with Crippen LogP contribution in [-0.2, 0) is 4.79 Å². The molecule has 0 amide bonds. The maximum atomic E-state index is 10.6. The van der Waals surface area contributed by atoms with E-state index in [0.29, 0.717) is 18.3 Å². The van der Waals surface area contributed by atoms with Crippen molar-refractivity contribution in [1.29, 1.82) is 0 Å². The molecule has 142 valence electrons. The lowest BCUT2D eigenvalue weighted by atomic mass is 9.90. The third kappa shape index (κ3) is 6.27. The predicted octanol–water partition coefficient (Wildman–Crippen LogP) is 4.07. The number of aliphatic carboxylic acids is 1. The van der Waals surface area contributed by atoms with Gasteiger partial charge < -0.3 is 15.3 Å². The van der Waals surface area contributed by atoms with Crippen LogP contribution < -0.4 is 0 Å². The number of unbranched alkanes of at least 4 members (excludes halogenated alkanes) is 3. The Morgan fingerprint density at radius 3 is 2.80 bits per heavy atom. The van der Waals surface area contributed by atoms with Crippen LogP contribution in [0, 0.1) is 17.8 Å². The summed E-state index contributed by atoms with van der Waals surface area (Å²) < 4.78 is 0. The second-order valence-electron chi connectivity index (χ2n) is 7.81. The molecule has 4 nitrogen and oxygen atoms in total. The topological polar surface area (TPSA) is 77.8 Å². The first kappa shape index (κ1) is 20.2. The average Bonchev–Trinajstić information content (AvgIpc) is 3.06. The van der Waals surface area contributed by atoms with Crippen LogP contribution in [0.25, 0.3) is 0 Å². The van der Waals surface area contributed by atoms with Crippen LogP contribution in [0.2, 0.25) is 0 Å². The lowest BCUT2D eigenvalue weighted by molar-refractivity contribution is -0.137. The van der Waals surface area contributed by atoms with Gasteiger partial charge in [-0.3, -0.25) is 4.79 Å². The number of fused-ring (bicyclic) bond motifs is 1. The molecule has 2 aliphatic carbocycles. The molecule has 4 heteroatoms. The Morgan fingerprint density at radius 2 is 2.08 bits per heavy atom. The highest BCUT2D eigenvalue weighted by Crippen LogP contribution is 2.50. The van der Waals surface area contributed by atoms with Crippen LogP contribution in [0.1, 0.15) is 71.1 Å². The van der Waals surface area contributed by atoms with E-state index in [1.54, 1.807) is 0 Å². The van der Waals surface area contributed by atoms with E-state index in [4.69, 9.17) is 5.11 Å². The van der Waals surface area contributed by atoms with Crippen molar-refractivity contribution >= 4 is 5.97 Å². The number of hydrogen-bond donors (Lipinski definition) is 3. The van der Waals surface area contributed by atoms with Gasteiger partial charge >= 0.3 is 5.97 Å². The highest BCUT2D eigenvalue weighted by atomic mass is 16.4. The Balaban J connectivity index is 1.83. The fraction of sp³-hybridized carbons (Fsp3) is 0.762. The SMILES string of the molecule is CCCCC[C@@H](O)/C=C/[C@@H]1[C@H]2C/C(=C/CCCC(=O)O)C[C@@H]2C[C@H]1O. The second kappa shape index (κ2) is 10.1. The number of allylic oxidation sites excluding steroid dienone is 2. The zero-order valence-electron chi connectivity index (χ0n) is 15.4. The first-order valence-corrected chi connectivity index (χ1v) is 9.95. The molecular formula is C21H34O4. The van der Waals surface area contributed by atoms with Crippen molar-refractivity contribution in [3.05, 3.63) is 23.8 Å². The number of carbonyl (C=O) groups is 1. The van der Waals surface area contributed by atoms with Gasteiger partial charge in [0.2, 0.25) is 0 Å². The molecule has 0 spiro atoms. The van der Waals surface area contributed by atoms with E-state index in [1.165, 1.54) is 5.57 Å². The predicted molar refractivity (Wildman–Crippen MR) is 99.2 cm³/mol. The number of aliphatic hydroxyl groups excluding tert-OH is 2. The fourth-order valence-electron chi connectivity index (χ4n) is 4.46. The molecule has 0 radical (unpaired) electrons. The van der Waals surface area contributed by atoms with Crippen molar-refractivity contribution in [2.75, 3.05) is 0 Å². The fourth-order valence-corrected chi connectivity index (χ4v) is 4.46.